The third-order valence-corrected chi connectivity index (χ3v) is 9.13. The van der Waals surface area contributed by atoms with Crippen LogP contribution in [0, 0.1) is 6.92 Å². The van der Waals surface area contributed by atoms with E-state index in [1.807, 2.05) is 32.0 Å². The number of nitrogens with zero attached hydrogens (tertiary/aromatic N) is 6. The number of hydrogen-bond donors (Lipinski definition) is 1. The third kappa shape index (κ3) is 5.93. The molecule has 4 aromatic rings. The first-order valence-electron chi connectivity index (χ1n) is 15.5. The molecule has 6 rings (SSSR count). The van der Waals surface area contributed by atoms with Gasteiger partial charge in [-0.1, -0.05) is 25.3 Å². The fraction of sp³-hybridized carbons (Fsp3) is 0.412. The standard InChI is InChI=1S/C34H38F3N7O2/c1-6-22-16-24-30(31(46-19-34(35,36)37)29(22)28-20(3)8-9-26-25(28)17-38-41-26)39-32(23-10-12-42(5)13-11-23)40-33(24)44-15-14-43(18-21(44)4)27(45)7-2/h6-9,16-17,21,23H,1-2,10-15,18-19H2,3-5H3,(H,38,41)/t21-/m0/s1. The van der Waals surface area contributed by atoms with E-state index in [0.29, 0.717) is 58.9 Å². The highest BCUT2D eigenvalue weighted by atomic mass is 19.4. The molecule has 2 fully saturated rings. The number of hydrogen-bond acceptors (Lipinski definition) is 7. The molecule has 0 unspecified atom stereocenters. The van der Waals surface area contributed by atoms with Crippen LogP contribution < -0.4 is 9.64 Å². The molecule has 46 heavy (non-hydrogen) atoms. The van der Waals surface area contributed by atoms with E-state index in [2.05, 4.69) is 40.2 Å². The van der Waals surface area contributed by atoms with Gasteiger partial charge in [0, 0.05) is 47.9 Å². The van der Waals surface area contributed by atoms with Crippen LogP contribution in [0.2, 0.25) is 0 Å². The molecule has 2 aliphatic heterocycles. The highest BCUT2D eigenvalue weighted by Crippen LogP contribution is 2.46. The number of rotatable bonds is 7. The van der Waals surface area contributed by atoms with Crippen LogP contribution in [0.4, 0.5) is 19.0 Å². The van der Waals surface area contributed by atoms with E-state index in [0.717, 1.165) is 42.4 Å². The SMILES string of the molecule is C=CC(=O)N1CCN(c2nc(C3CCN(C)CC3)nc3c(OCC(F)(F)F)c(-c4c(C)ccc5[nH]ncc45)c(C=C)cc23)[C@@H](C)C1. The summed E-state index contributed by atoms with van der Waals surface area (Å²) in [5.74, 6) is 1.11. The van der Waals surface area contributed by atoms with Crippen molar-refractivity contribution in [2.24, 2.45) is 0 Å². The fourth-order valence-electron chi connectivity index (χ4n) is 6.70. The van der Waals surface area contributed by atoms with Gasteiger partial charge in [-0.2, -0.15) is 18.3 Å². The Morgan fingerprint density at radius 3 is 2.54 bits per heavy atom. The zero-order chi connectivity index (χ0) is 32.7. The quantitative estimate of drug-likeness (QED) is 0.246. The van der Waals surface area contributed by atoms with Crippen molar-refractivity contribution in [2.75, 3.05) is 51.3 Å². The van der Waals surface area contributed by atoms with E-state index in [1.54, 1.807) is 17.2 Å². The Morgan fingerprint density at radius 2 is 1.87 bits per heavy atom. The van der Waals surface area contributed by atoms with Crippen molar-refractivity contribution in [3.05, 3.63) is 60.6 Å². The van der Waals surface area contributed by atoms with Crippen molar-refractivity contribution >= 4 is 39.6 Å². The Bertz CT molecular complexity index is 1810. The summed E-state index contributed by atoms with van der Waals surface area (Å²) in [6, 6.07) is 5.57. The van der Waals surface area contributed by atoms with Crippen molar-refractivity contribution in [3.63, 3.8) is 0 Å². The number of benzene rings is 2. The van der Waals surface area contributed by atoms with Crippen molar-refractivity contribution in [3.8, 4) is 16.9 Å². The Hall–Kier alpha value is -4.45. The summed E-state index contributed by atoms with van der Waals surface area (Å²) in [6.45, 7) is 13.2. The number of nitrogens with one attached hydrogen (secondary N) is 1. The summed E-state index contributed by atoms with van der Waals surface area (Å²) in [5, 5.41) is 8.50. The lowest BCUT2D eigenvalue weighted by atomic mass is 9.90. The number of carbonyl (C=O) groups excluding carboxylic acids is 1. The molecular weight excluding hydrogens is 595 g/mol. The zero-order valence-corrected chi connectivity index (χ0v) is 26.3. The first kappa shape index (κ1) is 31.5. The van der Waals surface area contributed by atoms with Crippen LogP contribution >= 0.6 is 0 Å². The van der Waals surface area contributed by atoms with Gasteiger partial charge in [-0.3, -0.25) is 9.89 Å². The van der Waals surface area contributed by atoms with E-state index in [9.17, 15) is 18.0 Å². The van der Waals surface area contributed by atoms with Gasteiger partial charge in [-0.15, -0.1) is 0 Å². The molecule has 1 atom stereocenters. The van der Waals surface area contributed by atoms with E-state index < -0.39 is 12.8 Å². The summed E-state index contributed by atoms with van der Waals surface area (Å²) in [6.07, 6.45) is 1.67. The third-order valence-electron chi connectivity index (χ3n) is 9.13. The molecule has 2 aromatic carbocycles. The second kappa shape index (κ2) is 12.4. The molecule has 0 radical (unpaired) electrons. The molecule has 4 heterocycles. The van der Waals surface area contributed by atoms with Crippen LogP contribution in [0.15, 0.2) is 43.6 Å². The normalized spacial score (nSPS) is 18.3. The van der Waals surface area contributed by atoms with Crippen LogP contribution in [0.25, 0.3) is 39.0 Å². The Morgan fingerprint density at radius 1 is 1.11 bits per heavy atom. The molecule has 0 spiro atoms. The largest absolute Gasteiger partial charge is 0.481 e. The molecule has 12 heteroatoms. The second-order valence-corrected chi connectivity index (χ2v) is 12.3. The summed E-state index contributed by atoms with van der Waals surface area (Å²) in [4.78, 5) is 28.7. The second-order valence-electron chi connectivity index (χ2n) is 12.3. The number of H-pyrrole nitrogens is 1. The average Bonchev–Trinajstić information content (AvgIpc) is 3.51. The number of aryl methyl sites for hydroxylation is 1. The number of anilines is 1. The number of aromatic nitrogens is 4. The maximum Gasteiger partial charge on any atom is 0.422 e. The van der Waals surface area contributed by atoms with Crippen LogP contribution in [0.3, 0.4) is 0 Å². The number of fused-ring (bicyclic) bond motifs is 2. The minimum absolute atomic E-state index is 0.0235. The molecule has 0 saturated carbocycles. The minimum atomic E-state index is -4.58. The molecule has 2 aromatic heterocycles. The molecule has 1 N–H and O–H groups in total. The van der Waals surface area contributed by atoms with Gasteiger partial charge in [0.15, 0.2) is 12.4 Å². The number of piperazine rings is 1. The average molecular weight is 634 g/mol. The minimum Gasteiger partial charge on any atom is -0.481 e. The first-order valence-corrected chi connectivity index (χ1v) is 15.5. The van der Waals surface area contributed by atoms with Crippen molar-refractivity contribution in [1.29, 1.82) is 0 Å². The summed E-state index contributed by atoms with van der Waals surface area (Å²) < 4.78 is 47.4. The zero-order valence-electron chi connectivity index (χ0n) is 26.3. The van der Waals surface area contributed by atoms with E-state index in [4.69, 9.17) is 14.7 Å². The van der Waals surface area contributed by atoms with Crippen LogP contribution in [0.1, 0.15) is 42.6 Å². The summed E-state index contributed by atoms with van der Waals surface area (Å²) in [7, 11) is 2.07. The highest BCUT2D eigenvalue weighted by Gasteiger charge is 2.34. The molecule has 242 valence electrons. The number of ether oxygens (including phenoxy) is 1. The van der Waals surface area contributed by atoms with Crippen LogP contribution in [-0.2, 0) is 4.79 Å². The Balaban J connectivity index is 1.64. The van der Waals surface area contributed by atoms with Gasteiger partial charge in [0.25, 0.3) is 0 Å². The number of halogens is 3. The number of carbonyl (C=O) groups is 1. The summed E-state index contributed by atoms with van der Waals surface area (Å²) >= 11 is 0. The fourth-order valence-corrected chi connectivity index (χ4v) is 6.70. The Kier molecular flexibility index (Phi) is 8.49. The molecule has 0 bridgehead atoms. The van der Waals surface area contributed by atoms with Gasteiger partial charge in [-0.05, 0) is 81.7 Å². The van der Waals surface area contributed by atoms with Gasteiger partial charge in [0.05, 0.1) is 11.7 Å². The molecule has 1 amide bonds. The first-order chi connectivity index (χ1) is 22.0. The highest BCUT2D eigenvalue weighted by molar-refractivity contribution is 6.07. The van der Waals surface area contributed by atoms with E-state index in [-0.39, 0.29) is 23.6 Å². The van der Waals surface area contributed by atoms with Gasteiger partial charge >= 0.3 is 6.18 Å². The van der Waals surface area contributed by atoms with Gasteiger partial charge < -0.3 is 19.4 Å². The topological polar surface area (TPSA) is 90.5 Å². The molecule has 2 saturated heterocycles. The van der Waals surface area contributed by atoms with Gasteiger partial charge in [0.1, 0.15) is 17.2 Å². The number of alkyl halides is 3. The Labute approximate surface area is 265 Å². The number of aromatic amines is 1. The maximum absolute atomic E-state index is 13.9. The molecule has 2 aliphatic rings. The lowest BCUT2D eigenvalue weighted by molar-refractivity contribution is -0.153. The lowest BCUT2D eigenvalue weighted by Crippen LogP contribution is -2.53. The molecule has 9 nitrogen and oxygen atoms in total. The van der Waals surface area contributed by atoms with Crippen LogP contribution in [-0.4, -0.2) is 94.5 Å². The summed E-state index contributed by atoms with van der Waals surface area (Å²) in [5.41, 5.74) is 3.67. The number of likely N-dealkylation sites (tertiary alicyclic amines) is 1. The van der Waals surface area contributed by atoms with Crippen LogP contribution in [0.5, 0.6) is 5.75 Å². The lowest BCUT2D eigenvalue weighted by Gasteiger charge is -2.41. The van der Waals surface area contributed by atoms with Gasteiger partial charge in [-0.25, -0.2) is 9.97 Å². The molecular formula is C34H38F3N7O2. The van der Waals surface area contributed by atoms with Crippen molar-refractivity contribution in [2.45, 2.75) is 44.8 Å². The molecule has 0 aliphatic carbocycles. The van der Waals surface area contributed by atoms with Gasteiger partial charge in [0.2, 0.25) is 5.91 Å². The van der Waals surface area contributed by atoms with E-state index >= 15 is 0 Å². The predicted octanol–water partition coefficient (Wildman–Crippen LogP) is 6.10. The monoisotopic (exact) mass is 633 g/mol. The van der Waals surface area contributed by atoms with Crippen molar-refractivity contribution in [1.82, 2.24) is 30.0 Å². The number of piperidine rings is 1. The predicted molar refractivity (Wildman–Crippen MR) is 174 cm³/mol. The van der Waals surface area contributed by atoms with E-state index in [1.165, 1.54) is 6.08 Å². The smallest absolute Gasteiger partial charge is 0.422 e. The van der Waals surface area contributed by atoms with Crippen molar-refractivity contribution < 1.29 is 22.7 Å². The maximum atomic E-state index is 13.9. The number of amides is 1.